The van der Waals surface area contributed by atoms with Crippen molar-refractivity contribution in [3.05, 3.63) is 98.5 Å². The number of nitrogens with zero attached hydrogens (tertiary/aromatic N) is 2. The molecule has 0 fully saturated rings. The molecular formula is C31H36Cl3N3O4S. The topological polar surface area (TPSA) is 86.8 Å². The Balaban J connectivity index is 1.93. The van der Waals surface area contributed by atoms with Crippen molar-refractivity contribution < 1.29 is 18.0 Å². The first kappa shape index (κ1) is 33.7. The predicted octanol–water partition coefficient (Wildman–Crippen LogP) is 6.67. The highest BCUT2D eigenvalue weighted by molar-refractivity contribution is 7.92. The van der Waals surface area contributed by atoms with Gasteiger partial charge in [-0.2, -0.15) is 0 Å². The van der Waals surface area contributed by atoms with E-state index in [4.69, 9.17) is 34.8 Å². The number of anilines is 1. The first-order valence-corrected chi connectivity index (χ1v) is 16.7. The van der Waals surface area contributed by atoms with E-state index >= 15 is 0 Å². The summed E-state index contributed by atoms with van der Waals surface area (Å²) in [6.45, 7) is 4.28. The molecule has 0 unspecified atom stereocenters. The van der Waals surface area contributed by atoms with E-state index in [0.717, 1.165) is 23.8 Å². The van der Waals surface area contributed by atoms with E-state index in [1.165, 1.54) is 9.21 Å². The van der Waals surface area contributed by atoms with Gasteiger partial charge < -0.3 is 10.2 Å². The minimum atomic E-state index is -3.67. The zero-order valence-electron chi connectivity index (χ0n) is 23.9. The van der Waals surface area contributed by atoms with Crippen LogP contribution in [0.15, 0.2) is 66.7 Å². The van der Waals surface area contributed by atoms with Crippen molar-refractivity contribution in [2.45, 2.75) is 52.1 Å². The highest BCUT2D eigenvalue weighted by atomic mass is 35.5. The minimum Gasteiger partial charge on any atom is -0.354 e. The lowest BCUT2D eigenvalue weighted by Gasteiger charge is -2.32. The van der Waals surface area contributed by atoms with Gasteiger partial charge >= 0.3 is 0 Å². The average Bonchev–Trinajstić information content (AvgIpc) is 2.94. The van der Waals surface area contributed by atoms with Crippen molar-refractivity contribution in [2.75, 3.05) is 23.7 Å². The highest BCUT2D eigenvalue weighted by Gasteiger charge is 2.31. The number of benzene rings is 3. The summed E-state index contributed by atoms with van der Waals surface area (Å²) >= 11 is 19.1. The monoisotopic (exact) mass is 651 g/mol. The number of nitrogens with one attached hydrogen (secondary N) is 1. The minimum absolute atomic E-state index is 0.0115. The quantitative estimate of drug-likeness (QED) is 0.211. The van der Waals surface area contributed by atoms with E-state index in [9.17, 15) is 18.0 Å². The number of aryl methyl sites for hydroxylation is 1. The largest absolute Gasteiger partial charge is 0.354 e. The van der Waals surface area contributed by atoms with E-state index < -0.39 is 16.1 Å². The van der Waals surface area contributed by atoms with Crippen LogP contribution in [0, 0.1) is 6.92 Å². The van der Waals surface area contributed by atoms with E-state index in [2.05, 4.69) is 5.32 Å². The van der Waals surface area contributed by atoms with E-state index in [-0.39, 0.29) is 44.2 Å². The molecule has 3 aromatic carbocycles. The van der Waals surface area contributed by atoms with Crippen molar-refractivity contribution >= 4 is 62.3 Å². The zero-order valence-corrected chi connectivity index (χ0v) is 27.0. The Hall–Kier alpha value is -2.78. The Morgan fingerprint density at radius 3 is 2.24 bits per heavy atom. The SMILES string of the molecule is CCCNC(=O)[C@@H](Cc1ccccc1)N(Cc1c(Cl)cccc1Cl)C(=O)CCCN(c1cc(Cl)ccc1C)S(C)(=O)=O. The third kappa shape index (κ3) is 9.36. The molecule has 0 aliphatic carbocycles. The van der Waals surface area contributed by atoms with Gasteiger partial charge in [-0.1, -0.05) is 84.2 Å². The second kappa shape index (κ2) is 15.6. The lowest BCUT2D eigenvalue weighted by Crippen LogP contribution is -2.50. The predicted molar refractivity (Wildman–Crippen MR) is 172 cm³/mol. The van der Waals surface area contributed by atoms with Crippen LogP contribution in [0.5, 0.6) is 0 Å². The van der Waals surface area contributed by atoms with Crippen LogP contribution < -0.4 is 9.62 Å². The molecule has 0 bridgehead atoms. The Bertz CT molecular complexity index is 1470. The van der Waals surface area contributed by atoms with Gasteiger partial charge in [0.15, 0.2) is 0 Å². The molecule has 3 aromatic rings. The van der Waals surface area contributed by atoms with Gasteiger partial charge in [0.25, 0.3) is 0 Å². The van der Waals surface area contributed by atoms with Gasteiger partial charge in [-0.05, 0) is 55.2 Å². The summed E-state index contributed by atoms with van der Waals surface area (Å²) in [5, 5.41) is 4.10. The maximum absolute atomic E-state index is 13.9. The number of amides is 2. The molecule has 226 valence electrons. The van der Waals surface area contributed by atoms with E-state index in [1.807, 2.05) is 37.3 Å². The first-order chi connectivity index (χ1) is 19.9. The first-order valence-electron chi connectivity index (χ1n) is 13.7. The third-order valence-corrected chi connectivity index (χ3v) is 8.93. The summed E-state index contributed by atoms with van der Waals surface area (Å²) in [7, 11) is -3.67. The number of rotatable bonds is 14. The van der Waals surface area contributed by atoms with Crippen molar-refractivity contribution in [2.24, 2.45) is 0 Å². The van der Waals surface area contributed by atoms with Crippen LogP contribution >= 0.6 is 34.8 Å². The molecule has 0 saturated heterocycles. The van der Waals surface area contributed by atoms with E-state index in [1.54, 1.807) is 43.3 Å². The molecule has 2 amide bonds. The fourth-order valence-corrected chi connectivity index (χ4v) is 6.31. The molecule has 42 heavy (non-hydrogen) atoms. The summed E-state index contributed by atoms with van der Waals surface area (Å²) in [5.74, 6) is -0.612. The average molecular weight is 653 g/mol. The summed E-state index contributed by atoms with van der Waals surface area (Å²) in [5.41, 5.74) is 2.61. The lowest BCUT2D eigenvalue weighted by molar-refractivity contribution is -0.141. The second-order valence-corrected chi connectivity index (χ2v) is 13.2. The van der Waals surface area contributed by atoms with Crippen molar-refractivity contribution in [1.82, 2.24) is 10.2 Å². The Kier molecular flexibility index (Phi) is 12.5. The van der Waals surface area contributed by atoms with Gasteiger partial charge in [0, 0.05) is 53.1 Å². The smallest absolute Gasteiger partial charge is 0.243 e. The Morgan fingerprint density at radius 2 is 1.62 bits per heavy atom. The van der Waals surface area contributed by atoms with Crippen molar-refractivity contribution in [3.63, 3.8) is 0 Å². The highest BCUT2D eigenvalue weighted by Crippen LogP contribution is 2.29. The summed E-state index contributed by atoms with van der Waals surface area (Å²) in [6, 6.07) is 18.7. The molecule has 0 aliphatic rings. The van der Waals surface area contributed by atoms with Gasteiger partial charge in [-0.15, -0.1) is 0 Å². The standard InChI is InChI=1S/C31H36Cl3N3O4S/c1-4-17-35-31(39)29(19-23-10-6-5-7-11-23)36(21-25-26(33)12-8-13-27(25)34)30(38)14-9-18-37(42(3,40)41)28-20-24(32)16-15-22(28)2/h5-8,10-13,15-16,20,29H,4,9,14,17-19,21H2,1-3H3,(H,35,39)/t29-/m1/s1. The van der Waals surface area contributed by atoms with Gasteiger partial charge in [0.05, 0.1) is 11.9 Å². The number of carbonyl (C=O) groups excluding carboxylic acids is 2. The third-order valence-electron chi connectivity index (χ3n) is 6.80. The summed E-state index contributed by atoms with van der Waals surface area (Å²) in [6.07, 6.45) is 2.33. The number of sulfonamides is 1. The molecule has 0 aliphatic heterocycles. The van der Waals surface area contributed by atoms with Crippen LogP contribution in [0.4, 0.5) is 5.69 Å². The normalized spacial score (nSPS) is 12.0. The Morgan fingerprint density at radius 1 is 0.952 bits per heavy atom. The van der Waals surface area contributed by atoms with Crippen LogP contribution in [0.1, 0.15) is 42.9 Å². The fraction of sp³-hybridized carbons (Fsp3) is 0.355. The number of halogens is 3. The van der Waals surface area contributed by atoms with Crippen LogP contribution in [-0.4, -0.2) is 50.5 Å². The Labute approximate surface area is 263 Å². The second-order valence-electron chi connectivity index (χ2n) is 10.1. The fourth-order valence-electron chi connectivity index (χ4n) is 4.61. The molecule has 0 radical (unpaired) electrons. The number of carbonyl (C=O) groups is 2. The van der Waals surface area contributed by atoms with Gasteiger partial charge in [0.1, 0.15) is 6.04 Å². The van der Waals surface area contributed by atoms with Gasteiger partial charge in [-0.25, -0.2) is 8.42 Å². The molecule has 11 heteroatoms. The summed E-state index contributed by atoms with van der Waals surface area (Å²) < 4.78 is 26.7. The van der Waals surface area contributed by atoms with Crippen LogP contribution in [-0.2, 0) is 32.6 Å². The molecule has 0 heterocycles. The van der Waals surface area contributed by atoms with Crippen LogP contribution in [0.2, 0.25) is 15.1 Å². The van der Waals surface area contributed by atoms with Gasteiger partial charge in [-0.3, -0.25) is 13.9 Å². The molecule has 0 aromatic heterocycles. The van der Waals surface area contributed by atoms with Crippen molar-refractivity contribution in [1.29, 1.82) is 0 Å². The zero-order chi connectivity index (χ0) is 30.9. The number of hydrogen-bond donors (Lipinski definition) is 1. The number of hydrogen-bond acceptors (Lipinski definition) is 4. The maximum atomic E-state index is 13.9. The van der Waals surface area contributed by atoms with Crippen molar-refractivity contribution in [3.8, 4) is 0 Å². The van der Waals surface area contributed by atoms with Gasteiger partial charge in [0.2, 0.25) is 21.8 Å². The molecule has 3 rings (SSSR count). The van der Waals surface area contributed by atoms with E-state index in [0.29, 0.717) is 32.9 Å². The molecule has 1 atom stereocenters. The maximum Gasteiger partial charge on any atom is 0.243 e. The molecular weight excluding hydrogens is 617 g/mol. The summed E-state index contributed by atoms with van der Waals surface area (Å²) in [4.78, 5) is 28.9. The molecule has 1 N–H and O–H groups in total. The molecule has 7 nitrogen and oxygen atoms in total. The lowest BCUT2D eigenvalue weighted by atomic mass is 10.0. The molecule has 0 saturated carbocycles. The molecule has 0 spiro atoms. The van der Waals surface area contributed by atoms with Crippen LogP contribution in [0.3, 0.4) is 0 Å². The van der Waals surface area contributed by atoms with Crippen LogP contribution in [0.25, 0.3) is 0 Å².